The number of esters is 1. The topological polar surface area (TPSA) is 114 Å². The van der Waals surface area contributed by atoms with Crippen molar-refractivity contribution in [1.82, 2.24) is 15.1 Å². The quantitative estimate of drug-likeness (QED) is 0.545. The van der Waals surface area contributed by atoms with Gasteiger partial charge in [0.25, 0.3) is 5.91 Å². The highest BCUT2D eigenvalue weighted by molar-refractivity contribution is 7.13. The molecule has 1 aliphatic heterocycles. The third-order valence-electron chi connectivity index (χ3n) is 5.32. The second-order valence-corrected chi connectivity index (χ2v) is 8.59. The Kier molecular flexibility index (Phi) is 6.64. The summed E-state index contributed by atoms with van der Waals surface area (Å²) < 4.78 is 4.79. The Morgan fingerprint density at radius 3 is 2.58 bits per heavy atom. The fourth-order valence-electron chi connectivity index (χ4n) is 3.62. The number of aromatic nitrogens is 2. The fourth-order valence-corrected chi connectivity index (χ4v) is 4.50. The number of urea groups is 1. The number of benzene rings is 2. The number of hydrogen-bond acceptors (Lipinski definition) is 7. The highest BCUT2D eigenvalue weighted by Gasteiger charge is 2.33. The Balaban J connectivity index is 1.46. The minimum atomic E-state index is -0.530. The molecule has 1 atom stereocenters. The van der Waals surface area contributed by atoms with E-state index in [0.717, 1.165) is 12.0 Å². The zero-order valence-electron chi connectivity index (χ0n) is 18.2. The van der Waals surface area contributed by atoms with Gasteiger partial charge in [0.1, 0.15) is 5.01 Å². The number of amides is 3. The van der Waals surface area contributed by atoms with Gasteiger partial charge in [0.2, 0.25) is 5.01 Å². The Morgan fingerprint density at radius 1 is 1.06 bits per heavy atom. The molecule has 2 aromatic carbocycles. The number of para-hydroxylation sites is 1. The van der Waals surface area contributed by atoms with Gasteiger partial charge in [-0.2, -0.15) is 0 Å². The molecule has 0 aliphatic carbocycles. The van der Waals surface area contributed by atoms with Crippen LogP contribution >= 0.6 is 11.3 Å². The van der Waals surface area contributed by atoms with E-state index in [0.29, 0.717) is 29.3 Å². The molecule has 1 fully saturated rings. The summed E-state index contributed by atoms with van der Waals surface area (Å²) in [5.74, 6) is -0.874. The molecule has 0 radical (unpaired) electrons. The van der Waals surface area contributed by atoms with Crippen molar-refractivity contribution in [2.75, 3.05) is 24.3 Å². The average molecular weight is 466 g/mol. The molecule has 0 saturated carbocycles. The first-order valence-corrected chi connectivity index (χ1v) is 11.2. The third kappa shape index (κ3) is 5.01. The summed E-state index contributed by atoms with van der Waals surface area (Å²) in [6, 6.07) is 13.5. The number of ether oxygens (including phenoxy) is 1. The molecule has 4 rings (SSSR count). The number of likely N-dealkylation sites (tertiary alicyclic amines) is 1. The molecule has 1 aromatic heterocycles. The first-order chi connectivity index (χ1) is 16.0. The van der Waals surface area contributed by atoms with Crippen LogP contribution in [-0.2, 0) is 4.74 Å². The molecule has 1 unspecified atom stereocenters. The molecule has 33 heavy (non-hydrogen) atoms. The number of rotatable bonds is 5. The smallest absolute Gasteiger partial charge is 0.339 e. The van der Waals surface area contributed by atoms with Crippen molar-refractivity contribution < 1.29 is 19.1 Å². The largest absolute Gasteiger partial charge is 0.465 e. The molecule has 1 aliphatic rings. The third-order valence-corrected chi connectivity index (χ3v) is 6.34. The van der Waals surface area contributed by atoms with E-state index in [4.69, 9.17) is 4.74 Å². The van der Waals surface area contributed by atoms with E-state index in [2.05, 4.69) is 20.8 Å². The van der Waals surface area contributed by atoms with Gasteiger partial charge in [0.05, 0.1) is 24.4 Å². The zero-order chi connectivity index (χ0) is 23.4. The summed E-state index contributed by atoms with van der Waals surface area (Å²) in [4.78, 5) is 39.2. The van der Waals surface area contributed by atoms with E-state index in [1.807, 2.05) is 31.2 Å². The Labute approximate surface area is 194 Å². The first kappa shape index (κ1) is 22.4. The molecule has 0 spiro atoms. The maximum absolute atomic E-state index is 13.0. The van der Waals surface area contributed by atoms with Crippen molar-refractivity contribution in [3.05, 3.63) is 69.7 Å². The predicted molar refractivity (Wildman–Crippen MR) is 125 cm³/mol. The normalized spacial score (nSPS) is 15.2. The first-order valence-electron chi connectivity index (χ1n) is 10.4. The van der Waals surface area contributed by atoms with Crippen molar-refractivity contribution in [3.8, 4) is 0 Å². The van der Waals surface area contributed by atoms with Gasteiger partial charge in [-0.15, -0.1) is 10.2 Å². The molecular formula is C23H23N5O4S. The lowest BCUT2D eigenvalue weighted by Crippen LogP contribution is -2.34. The van der Waals surface area contributed by atoms with E-state index in [-0.39, 0.29) is 28.6 Å². The highest BCUT2D eigenvalue weighted by atomic mass is 32.1. The van der Waals surface area contributed by atoms with Crippen LogP contribution in [0.15, 0.2) is 48.5 Å². The minimum Gasteiger partial charge on any atom is -0.465 e. The minimum absolute atomic E-state index is 0.230. The van der Waals surface area contributed by atoms with Crippen molar-refractivity contribution in [2.45, 2.75) is 25.8 Å². The van der Waals surface area contributed by atoms with E-state index in [1.165, 1.54) is 18.4 Å². The zero-order valence-corrected chi connectivity index (χ0v) is 19.0. The highest BCUT2D eigenvalue weighted by Crippen LogP contribution is 2.34. The summed E-state index contributed by atoms with van der Waals surface area (Å²) >= 11 is 1.17. The molecule has 0 bridgehead atoms. The SMILES string of the molecule is COC(=O)c1ccccc1NC(=O)N1CCCC1c1nnc(C(=O)Nc2ccc(C)cc2)s1. The Bertz CT molecular complexity index is 1180. The average Bonchev–Trinajstić information content (AvgIpc) is 3.50. The summed E-state index contributed by atoms with van der Waals surface area (Å²) in [6.45, 7) is 2.50. The second-order valence-electron chi connectivity index (χ2n) is 7.58. The van der Waals surface area contributed by atoms with Crippen LogP contribution in [0.1, 0.15) is 49.6 Å². The molecule has 2 heterocycles. The summed E-state index contributed by atoms with van der Waals surface area (Å²) in [5, 5.41) is 14.7. The van der Waals surface area contributed by atoms with Gasteiger partial charge < -0.3 is 20.3 Å². The van der Waals surface area contributed by atoms with E-state index in [1.54, 1.807) is 29.2 Å². The molecule has 3 amide bonds. The number of aryl methyl sites for hydroxylation is 1. The van der Waals surface area contributed by atoms with Crippen LogP contribution < -0.4 is 10.6 Å². The number of carbonyl (C=O) groups is 3. The van der Waals surface area contributed by atoms with Gasteiger partial charge in [-0.3, -0.25) is 4.79 Å². The molecule has 3 aromatic rings. The Morgan fingerprint density at radius 2 is 1.82 bits per heavy atom. The van der Waals surface area contributed by atoms with Gasteiger partial charge in [0, 0.05) is 12.2 Å². The molecular weight excluding hydrogens is 442 g/mol. The van der Waals surface area contributed by atoms with Gasteiger partial charge in [-0.05, 0) is 44.0 Å². The maximum atomic E-state index is 13.0. The maximum Gasteiger partial charge on any atom is 0.339 e. The second kappa shape index (κ2) is 9.78. The summed E-state index contributed by atoms with van der Waals surface area (Å²) in [7, 11) is 1.29. The van der Waals surface area contributed by atoms with Gasteiger partial charge >= 0.3 is 12.0 Å². The molecule has 2 N–H and O–H groups in total. The van der Waals surface area contributed by atoms with E-state index >= 15 is 0 Å². The lowest BCUT2D eigenvalue weighted by molar-refractivity contribution is 0.0601. The van der Waals surface area contributed by atoms with Crippen LogP contribution in [-0.4, -0.2) is 46.7 Å². The molecule has 10 heteroatoms. The molecule has 170 valence electrons. The number of hydrogen-bond donors (Lipinski definition) is 2. The van der Waals surface area contributed by atoms with E-state index < -0.39 is 5.97 Å². The van der Waals surface area contributed by atoms with Gasteiger partial charge in [-0.1, -0.05) is 41.2 Å². The van der Waals surface area contributed by atoms with Crippen LogP contribution in [0, 0.1) is 6.92 Å². The van der Waals surface area contributed by atoms with E-state index in [9.17, 15) is 14.4 Å². The lowest BCUT2D eigenvalue weighted by Gasteiger charge is -2.23. The van der Waals surface area contributed by atoms with Crippen molar-refractivity contribution in [3.63, 3.8) is 0 Å². The van der Waals surface area contributed by atoms with Crippen molar-refractivity contribution >= 4 is 40.6 Å². The standard InChI is InChI=1S/C23H23N5O4S/c1-14-9-11-15(12-10-14)24-19(29)21-27-26-20(33-21)18-8-5-13-28(18)23(31)25-17-7-4-3-6-16(17)22(30)32-2/h3-4,6-7,9-12,18H,5,8,13H2,1-2H3,(H,24,29)(H,25,31). The monoisotopic (exact) mass is 465 g/mol. The van der Waals surface area contributed by atoms with Crippen LogP contribution in [0.3, 0.4) is 0 Å². The van der Waals surface area contributed by atoms with Crippen LogP contribution in [0.5, 0.6) is 0 Å². The van der Waals surface area contributed by atoms with Gasteiger partial charge in [-0.25, -0.2) is 9.59 Å². The predicted octanol–water partition coefficient (Wildman–Crippen LogP) is 4.25. The number of anilines is 2. The van der Waals surface area contributed by atoms with Crippen LogP contribution in [0.25, 0.3) is 0 Å². The molecule has 9 nitrogen and oxygen atoms in total. The van der Waals surface area contributed by atoms with Crippen LogP contribution in [0.4, 0.5) is 16.2 Å². The van der Waals surface area contributed by atoms with Crippen molar-refractivity contribution in [2.24, 2.45) is 0 Å². The summed E-state index contributed by atoms with van der Waals surface area (Å²) in [6.07, 6.45) is 1.50. The number of carbonyl (C=O) groups excluding carboxylic acids is 3. The lowest BCUT2D eigenvalue weighted by atomic mass is 10.2. The fraction of sp³-hybridized carbons (Fsp3) is 0.261. The summed E-state index contributed by atoms with van der Waals surface area (Å²) in [5.41, 5.74) is 2.42. The van der Waals surface area contributed by atoms with Crippen molar-refractivity contribution in [1.29, 1.82) is 0 Å². The van der Waals surface area contributed by atoms with Gasteiger partial charge in [0.15, 0.2) is 0 Å². The Hall–Kier alpha value is -3.79. The number of methoxy groups -OCH3 is 1. The number of nitrogens with one attached hydrogen (secondary N) is 2. The van der Waals surface area contributed by atoms with Crippen LogP contribution in [0.2, 0.25) is 0 Å². The molecule has 1 saturated heterocycles. The number of nitrogens with zero attached hydrogens (tertiary/aromatic N) is 3.